The molecule has 4 nitrogen and oxygen atoms in total. The summed E-state index contributed by atoms with van der Waals surface area (Å²) in [5.74, 6) is -1.09. The normalized spacial score (nSPS) is 12.0. The molecule has 1 N–H and O–H groups in total. The number of carbonyl (C=O) groups excluding carboxylic acids is 2. The van der Waals surface area contributed by atoms with Gasteiger partial charge in [-0.1, -0.05) is 47.5 Å². The van der Waals surface area contributed by atoms with Crippen LogP contribution in [-0.4, -0.2) is 18.0 Å². The molecule has 130 valence electrons. The first-order valence-corrected chi connectivity index (χ1v) is 8.32. The van der Waals surface area contributed by atoms with Crippen molar-refractivity contribution in [3.8, 4) is 0 Å². The van der Waals surface area contributed by atoms with E-state index in [9.17, 15) is 9.59 Å². The molecule has 1 amide bonds. The van der Waals surface area contributed by atoms with Crippen molar-refractivity contribution in [2.75, 3.05) is 5.32 Å². The minimum Gasteiger partial charge on any atom is -0.449 e. The number of hydrogen-bond donors (Lipinski definition) is 1. The second kappa shape index (κ2) is 8.70. The number of hydrogen-bond acceptors (Lipinski definition) is 3. The molecule has 2 rings (SSSR count). The zero-order valence-electron chi connectivity index (χ0n) is 13.8. The van der Waals surface area contributed by atoms with Crippen molar-refractivity contribution in [1.29, 1.82) is 0 Å². The third-order valence-corrected chi connectivity index (χ3v) is 3.99. The third kappa shape index (κ3) is 5.62. The van der Waals surface area contributed by atoms with Crippen molar-refractivity contribution in [1.82, 2.24) is 0 Å². The van der Waals surface area contributed by atoms with E-state index in [-0.39, 0.29) is 0 Å². The van der Waals surface area contributed by atoms with E-state index in [0.29, 0.717) is 15.7 Å². The molecule has 0 spiro atoms. The van der Waals surface area contributed by atoms with Gasteiger partial charge in [0.25, 0.3) is 5.91 Å². The molecule has 0 aliphatic rings. The molecule has 0 aliphatic heterocycles. The Morgan fingerprint density at radius 2 is 1.88 bits per heavy atom. The number of anilines is 1. The zero-order chi connectivity index (χ0) is 18.4. The van der Waals surface area contributed by atoms with Gasteiger partial charge in [-0.3, -0.25) is 4.79 Å². The van der Waals surface area contributed by atoms with Crippen molar-refractivity contribution < 1.29 is 14.3 Å². The lowest BCUT2D eigenvalue weighted by molar-refractivity contribution is -0.148. The zero-order valence-corrected chi connectivity index (χ0v) is 15.3. The molecule has 0 fully saturated rings. The number of amides is 1. The van der Waals surface area contributed by atoms with Crippen LogP contribution in [0.4, 0.5) is 5.69 Å². The largest absolute Gasteiger partial charge is 0.449 e. The van der Waals surface area contributed by atoms with Gasteiger partial charge in [0.15, 0.2) is 6.10 Å². The molecular formula is C19H17Cl2NO3. The van der Waals surface area contributed by atoms with Crippen LogP contribution in [0.2, 0.25) is 10.0 Å². The Labute approximate surface area is 156 Å². The minimum absolute atomic E-state index is 0.304. The molecular weight excluding hydrogens is 361 g/mol. The average molecular weight is 378 g/mol. The fourth-order valence-electron chi connectivity index (χ4n) is 2.02. The SMILES string of the molecule is Cc1ccccc1/C=C/C(=O)O[C@@H](C)C(=O)Nc1ccc(Cl)cc1Cl. The lowest BCUT2D eigenvalue weighted by Crippen LogP contribution is -2.29. The van der Waals surface area contributed by atoms with E-state index < -0.39 is 18.0 Å². The van der Waals surface area contributed by atoms with Crippen LogP contribution >= 0.6 is 23.2 Å². The monoisotopic (exact) mass is 377 g/mol. The number of halogens is 2. The molecule has 0 saturated carbocycles. The van der Waals surface area contributed by atoms with Gasteiger partial charge in [-0.15, -0.1) is 0 Å². The summed E-state index contributed by atoms with van der Waals surface area (Å²) < 4.78 is 5.10. The number of ether oxygens (including phenoxy) is 1. The molecule has 25 heavy (non-hydrogen) atoms. The lowest BCUT2D eigenvalue weighted by Gasteiger charge is -2.13. The number of esters is 1. The first kappa shape index (κ1) is 19.0. The van der Waals surface area contributed by atoms with E-state index in [1.165, 1.54) is 19.1 Å². The highest BCUT2D eigenvalue weighted by Crippen LogP contribution is 2.25. The quantitative estimate of drug-likeness (QED) is 0.596. The molecule has 0 radical (unpaired) electrons. The Morgan fingerprint density at radius 3 is 2.56 bits per heavy atom. The summed E-state index contributed by atoms with van der Waals surface area (Å²) in [5.41, 5.74) is 2.34. The predicted octanol–water partition coefficient (Wildman–Crippen LogP) is 4.89. The second-order valence-corrected chi connectivity index (χ2v) is 6.23. The van der Waals surface area contributed by atoms with Crippen LogP contribution in [0.3, 0.4) is 0 Å². The van der Waals surface area contributed by atoms with Gasteiger partial charge in [-0.2, -0.15) is 0 Å². The molecule has 0 unspecified atom stereocenters. The van der Waals surface area contributed by atoms with Crippen LogP contribution < -0.4 is 5.32 Å². The summed E-state index contributed by atoms with van der Waals surface area (Å²) in [6.07, 6.45) is 1.97. The first-order valence-electron chi connectivity index (χ1n) is 7.57. The maximum atomic E-state index is 12.1. The van der Waals surface area contributed by atoms with Crippen molar-refractivity contribution in [2.45, 2.75) is 20.0 Å². The van der Waals surface area contributed by atoms with E-state index >= 15 is 0 Å². The van der Waals surface area contributed by atoms with Gasteiger partial charge in [-0.25, -0.2) is 4.79 Å². The highest BCUT2D eigenvalue weighted by Gasteiger charge is 2.17. The van der Waals surface area contributed by atoms with Crippen molar-refractivity contribution in [3.05, 3.63) is 69.7 Å². The van der Waals surface area contributed by atoms with Crippen LogP contribution in [0.25, 0.3) is 6.08 Å². The van der Waals surface area contributed by atoms with Crippen LogP contribution in [0.15, 0.2) is 48.5 Å². The Hall–Kier alpha value is -2.30. The van der Waals surface area contributed by atoms with E-state index in [2.05, 4.69) is 5.32 Å². The molecule has 0 aliphatic carbocycles. The van der Waals surface area contributed by atoms with E-state index in [1.807, 2.05) is 31.2 Å². The molecule has 2 aromatic rings. The Kier molecular flexibility index (Phi) is 6.62. The minimum atomic E-state index is -0.972. The molecule has 0 heterocycles. The average Bonchev–Trinajstić information content (AvgIpc) is 2.56. The molecule has 2 aromatic carbocycles. The van der Waals surface area contributed by atoms with Gasteiger partial charge in [0, 0.05) is 11.1 Å². The Balaban J connectivity index is 1.94. The topological polar surface area (TPSA) is 55.4 Å². The van der Waals surface area contributed by atoms with Gasteiger partial charge in [-0.05, 0) is 49.2 Å². The van der Waals surface area contributed by atoms with E-state index in [4.69, 9.17) is 27.9 Å². The van der Waals surface area contributed by atoms with Gasteiger partial charge in [0.1, 0.15) is 0 Å². The molecule has 0 saturated heterocycles. The highest BCUT2D eigenvalue weighted by molar-refractivity contribution is 6.36. The fourth-order valence-corrected chi connectivity index (χ4v) is 2.48. The van der Waals surface area contributed by atoms with Crippen molar-refractivity contribution in [2.24, 2.45) is 0 Å². The number of aryl methyl sites for hydroxylation is 1. The summed E-state index contributed by atoms with van der Waals surface area (Å²) in [6.45, 7) is 3.43. The molecule has 0 bridgehead atoms. The molecule has 1 atom stereocenters. The van der Waals surface area contributed by atoms with E-state index in [0.717, 1.165) is 11.1 Å². The standard InChI is InChI=1S/C19H17Cl2NO3/c1-12-5-3-4-6-14(12)7-10-18(23)25-13(2)19(24)22-17-9-8-15(20)11-16(17)21/h3-11,13H,1-2H3,(H,22,24)/b10-7+/t13-/m0/s1. The number of carbonyl (C=O) groups is 2. The smallest absolute Gasteiger partial charge is 0.331 e. The molecule has 6 heteroatoms. The van der Waals surface area contributed by atoms with Gasteiger partial charge in [0.2, 0.25) is 0 Å². The Bertz CT molecular complexity index is 818. The summed E-state index contributed by atoms with van der Waals surface area (Å²) in [7, 11) is 0. The Morgan fingerprint density at radius 1 is 1.16 bits per heavy atom. The number of nitrogens with one attached hydrogen (secondary N) is 1. The highest BCUT2D eigenvalue weighted by atomic mass is 35.5. The first-order chi connectivity index (χ1) is 11.9. The maximum absolute atomic E-state index is 12.1. The lowest BCUT2D eigenvalue weighted by atomic mass is 10.1. The summed E-state index contributed by atoms with van der Waals surface area (Å²) >= 11 is 11.8. The summed E-state index contributed by atoms with van der Waals surface area (Å²) in [5, 5.41) is 3.36. The van der Waals surface area contributed by atoms with Gasteiger partial charge >= 0.3 is 5.97 Å². The summed E-state index contributed by atoms with van der Waals surface area (Å²) in [4.78, 5) is 24.0. The van der Waals surface area contributed by atoms with Crippen molar-refractivity contribution in [3.63, 3.8) is 0 Å². The van der Waals surface area contributed by atoms with Crippen LogP contribution in [-0.2, 0) is 14.3 Å². The van der Waals surface area contributed by atoms with Gasteiger partial charge in [0.05, 0.1) is 10.7 Å². The summed E-state index contributed by atoms with van der Waals surface area (Å²) in [6, 6.07) is 12.3. The van der Waals surface area contributed by atoms with Crippen molar-refractivity contribution >= 4 is 46.8 Å². The molecule has 0 aromatic heterocycles. The van der Waals surface area contributed by atoms with Crippen LogP contribution in [0.5, 0.6) is 0 Å². The number of rotatable bonds is 5. The van der Waals surface area contributed by atoms with Crippen LogP contribution in [0.1, 0.15) is 18.1 Å². The van der Waals surface area contributed by atoms with E-state index in [1.54, 1.807) is 18.2 Å². The fraction of sp³-hybridized carbons (Fsp3) is 0.158. The maximum Gasteiger partial charge on any atom is 0.331 e. The van der Waals surface area contributed by atoms with Gasteiger partial charge < -0.3 is 10.1 Å². The predicted molar refractivity (Wildman–Crippen MR) is 101 cm³/mol. The third-order valence-electron chi connectivity index (χ3n) is 3.44. The number of benzene rings is 2. The second-order valence-electron chi connectivity index (χ2n) is 5.38. The van der Waals surface area contributed by atoms with Crippen LogP contribution in [0, 0.1) is 6.92 Å².